The summed E-state index contributed by atoms with van der Waals surface area (Å²) in [7, 11) is 0. The van der Waals surface area contributed by atoms with Gasteiger partial charge in [0.2, 0.25) is 0 Å². The molecule has 2 aromatic rings. The Morgan fingerprint density at radius 3 is 2.38 bits per heavy atom. The number of hydrogen-bond donors (Lipinski definition) is 0. The number of pyridine rings is 1. The van der Waals surface area contributed by atoms with Gasteiger partial charge < -0.3 is 0 Å². The summed E-state index contributed by atoms with van der Waals surface area (Å²) in [5.74, 6) is 0.239. The number of fused-ring (bicyclic) bond motifs is 1. The third kappa shape index (κ3) is 1.80. The number of aryl methyl sites for hydroxylation is 2. The van der Waals surface area contributed by atoms with Crippen LogP contribution in [-0.4, -0.2) is 4.98 Å². The number of benzene rings is 1. The van der Waals surface area contributed by atoms with E-state index in [-0.39, 0.29) is 5.82 Å². The van der Waals surface area contributed by atoms with Gasteiger partial charge in [0.25, 0.3) is 0 Å². The van der Waals surface area contributed by atoms with E-state index in [1.165, 1.54) is 0 Å². The van der Waals surface area contributed by atoms with Crippen LogP contribution in [0, 0.1) is 19.7 Å². The third-order valence-corrected chi connectivity index (χ3v) is 2.91. The van der Waals surface area contributed by atoms with Crippen molar-refractivity contribution in [3.63, 3.8) is 0 Å². The van der Waals surface area contributed by atoms with Crippen molar-refractivity contribution in [3.8, 4) is 0 Å². The van der Waals surface area contributed by atoms with E-state index in [0.29, 0.717) is 11.5 Å². The van der Waals surface area contributed by atoms with Crippen molar-refractivity contribution in [1.82, 2.24) is 4.98 Å². The first-order valence-corrected chi connectivity index (χ1v) is 5.56. The Labute approximate surface area is 95.3 Å². The number of halogens is 1. The minimum atomic E-state index is -0.158. The van der Waals surface area contributed by atoms with Gasteiger partial charge in [-0.1, -0.05) is 13.8 Å². The van der Waals surface area contributed by atoms with Crippen LogP contribution in [-0.2, 0) is 0 Å². The van der Waals surface area contributed by atoms with E-state index in [9.17, 15) is 4.39 Å². The zero-order chi connectivity index (χ0) is 11.9. The molecule has 0 N–H and O–H groups in total. The average Bonchev–Trinajstić information content (AvgIpc) is 2.20. The molecule has 0 aliphatic heterocycles. The summed E-state index contributed by atoms with van der Waals surface area (Å²) < 4.78 is 13.5. The van der Waals surface area contributed by atoms with Gasteiger partial charge >= 0.3 is 0 Å². The van der Waals surface area contributed by atoms with Gasteiger partial charge in [-0.2, -0.15) is 0 Å². The predicted octanol–water partition coefficient (Wildman–Crippen LogP) is 4.11. The molecule has 0 atom stereocenters. The number of rotatable bonds is 1. The monoisotopic (exact) mass is 217 g/mol. The van der Waals surface area contributed by atoms with E-state index in [2.05, 4.69) is 18.8 Å². The molecule has 0 spiro atoms. The highest BCUT2D eigenvalue weighted by atomic mass is 19.1. The quantitative estimate of drug-likeness (QED) is 0.700. The van der Waals surface area contributed by atoms with Crippen LogP contribution in [0.4, 0.5) is 4.39 Å². The first kappa shape index (κ1) is 11.1. The second kappa shape index (κ2) is 3.85. The Bertz CT molecular complexity index is 544. The standard InChI is InChI=1S/C14H16FN/c1-8(2)13-5-9(3)11-7-12(15)10(4)6-14(11)16-13/h5-8H,1-4H3. The molecule has 1 aromatic heterocycles. The Hall–Kier alpha value is -1.44. The van der Waals surface area contributed by atoms with Crippen molar-refractivity contribution < 1.29 is 4.39 Å². The molecule has 1 heterocycles. The number of nitrogens with zero attached hydrogens (tertiary/aromatic N) is 1. The van der Waals surface area contributed by atoms with Crippen LogP contribution in [0.5, 0.6) is 0 Å². The molecule has 2 heteroatoms. The van der Waals surface area contributed by atoms with Crippen LogP contribution >= 0.6 is 0 Å². The van der Waals surface area contributed by atoms with Gasteiger partial charge in [0.05, 0.1) is 5.52 Å². The van der Waals surface area contributed by atoms with Crippen LogP contribution in [0.3, 0.4) is 0 Å². The molecule has 2 rings (SSSR count). The van der Waals surface area contributed by atoms with Crippen LogP contribution in [0.25, 0.3) is 10.9 Å². The van der Waals surface area contributed by atoms with Crippen molar-refractivity contribution in [2.24, 2.45) is 0 Å². The fraction of sp³-hybridized carbons (Fsp3) is 0.357. The van der Waals surface area contributed by atoms with E-state index in [1.807, 2.05) is 19.1 Å². The first-order valence-electron chi connectivity index (χ1n) is 5.56. The maximum atomic E-state index is 13.5. The lowest BCUT2D eigenvalue weighted by Gasteiger charge is -2.10. The Balaban J connectivity index is 2.77. The van der Waals surface area contributed by atoms with Gasteiger partial charge in [0, 0.05) is 11.1 Å². The Morgan fingerprint density at radius 2 is 1.75 bits per heavy atom. The molecule has 16 heavy (non-hydrogen) atoms. The highest BCUT2D eigenvalue weighted by Gasteiger charge is 2.08. The van der Waals surface area contributed by atoms with Gasteiger partial charge in [-0.3, -0.25) is 4.98 Å². The molecular weight excluding hydrogens is 201 g/mol. The summed E-state index contributed by atoms with van der Waals surface area (Å²) in [5.41, 5.74) is 3.70. The fourth-order valence-corrected chi connectivity index (χ4v) is 1.84. The minimum Gasteiger partial charge on any atom is -0.253 e. The predicted molar refractivity (Wildman–Crippen MR) is 65.3 cm³/mol. The molecule has 84 valence electrons. The molecule has 0 saturated carbocycles. The van der Waals surface area contributed by atoms with Crippen molar-refractivity contribution in [1.29, 1.82) is 0 Å². The molecule has 0 saturated heterocycles. The fourth-order valence-electron chi connectivity index (χ4n) is 1.84. The Morgan fingerprint density at radius 1 is 1.06 bits per heavy atom. The summed E-state index contributed by atoms with van der Waals surface area (Å²) in [6.07, 6.45) is 0. The van der Waals surface area contributed by atoms with Gasteiger partial charge in [0.1, 0.15) is 5.82 Å². The maximum Gasteiger partial charge on any atom is 0.126 e. The van der Waals surface area contributed by atoms with Crippen molar-refractivity contribution in [3.05, 3.63) is 40.8 Å². The van der Waals surface area contributed by atoms with E-state index in [1.54, 1.807) is 13.0 Å². The normalized spacial score (nSPS) is 11.4. The molecule has 1 aromatic carbocycles. The summed E-state index contributed by atoms with van der Waals surface area (Å²) >= 11 is 0. The molecule has 0 amide bonds. The molecule has 0 aliphatic carbocycles. The molecule has 0 unspecified atom stereocenters. The number of hydrogen-bond acceptors (Lipinski definition) is 1. The lowest BCUT2D eigenvalue weighted by atomic mass is 10.0. The van der Waals surface area contributed by atoms with E-state index in [4.69, 9.17) is 0 Å². The molecule has 0 fully saturated rings. The summed E-state index contributed by atoms with van der Waals surface area (Å²) in [5, 5.41) is 0.910. The van der Waals surface area contributed by atoms with E-state index in [0.717, 1.165) is 22.2 Å². The Kier molecular flexibility index (Phi) is 2.66. The third-order valence-electron chi connectivity index (χ3n) is 2.91. The maximum absolute atomic E-state index is 13.5. The largest absolute Gasteiger partial charge is 0.253 e. The molecule has 0 bridgehead atoms. The van der Waals surface area contributed by atoms with Crippen molar-refractivity contribution >= 4 is 10.9 Å². The molecule has 0 aliphatic rings. The lowest BCUT2D eigenvalue weighted by Crippen LogP contribution is -1.96. The minimum absolute atomic E-state index is 0.158. The molecule has 1 nitrogen and oxygen atoms in total. The summed E-state index contributed by atoms with van der Waals surface area (Å²) in [6.45, 7) is 8.01. The smallest absolute Gasteiger partial charge is 0.126 e. The molecule has 0 radical (unpaired) electrons. The van der Waals surface area contributed by atoms with E-state index < -0.39 is 0 Å². The van der Waals surface area contributed by atoms with Crippen molar-refractivity contribution in [2.45, 2.75) is 33.6 Å². The highest BCUT2D eigenvalue weighted by molar-refractivity contribution is 5.83. The van der Waals surface area contributed by atoms with Gasteiger partial charge in [0.15, 0.2) is 0 Å². The van der Waals surface area contributed by atoms with Gasteiger partial charge in [-0.25, -0.2) is 4.39 Å². The van der Waals surface area contributed by atoms with Crippen molar-refractivity contribution in [2.75, 3.05) is 0 Å². The molecular formula is C14H16FN. The summed E-state index contributed by atoms with van der Waals surface area (Å²) in [4.78, 5) is 4.57. The van der Waals surface area contributed by atoms with Gasteiger partial charge in [-0.15, -0.1) is 0 Å². The van der Waals surface area contributed by atoms with Gasteiger partial charge in [-0.05, 0) is 49.1 Å². The highest BCUT2D eigenvalue weighted by Crippen LogP contribution is 2.24. The van der Waals surface area contributed by atoms with Crippen LogP contribution < -0.4 is 0 Å². The topological polar surface area (TPSA) is 12.9 Å². The van der Waals surface area contributed by atoms with Crippen LogP contribution in [0.1, 0.15) is 36.6 Å². The zero-order valence-electron chi connectivity index (χ0n) is 10.1. The first-order chi connectivity index (χ1) is 7.49. The SMILES string of the molecule is Cc1cc2nc(C(C)C)cc(C)c2cc1F. The second-order valence-electron chi connectivity index (χ2n) is 4.64. The average molecular weight is 217 g/mol. The summed E-state index contributed by atoms with van der Waals surface area (Å²) in [6, 6.07) is 5.45. The second-order valence-corrected chi connectivity index (χ2v) is 4.64. The van der Waals surface area contributed by atoms with E-state index >= 15 is 0 Å². The van der Waals surface area contributed by atoms with Crippen LogP contribution in [0.2, 0.25) is 0 Å². The lowest BCUT2D eigenvalue weighted by molar-refractivity contribution is 0.620. The zero-order valence-corrected chi connectivity index (χ0v) is 10.1. The van der Waals surface area contributed by atoms with Crippen LogP contribution in [0.15, 0.2) is 18.2 Å². The number of aromatic nitrogens is 1.